The number of rotatable bonds is 6. The molecule has 2 heterocycles. The number of imidazole rings is 2. The zero-order valence-corrected chi connectivity index (χ0v) is 11.3. The molecule has 1 amide bonds. The molecule has 6 heteroatoms. The lowest BCUT2D eigenvalue weighted by Gasteiger charge is -2.14. The Morgan fingerprint density at radius 3 is 2.95 bits per heavy atom. The topological polar surface area (TPSA) is 75.6 Å². The van der Waals surface area contributed by atoms with E-state index in [1.54, 1.807) is 18.6 Å². The zero-order chi connectivity index (χ0) is 13.7. The van der Waals surface area contributed by atoms with Crippen LogP contribution in [0.4, 0.5) is 0 Å². The minimum Gasteiger partial charge on any atom is -0.354 e. The van der Waals surface area contributed by atoms with Crippen molar-refractivity contribution in [1.29, 1.82) is 0 Å². The molecule has 0 saturated carbocycles. The van der Waals surface area contributed by atoms with E-state index >= 15 is 0 Å². The standard InChI is InChI=1S/C13H19N5O/c1-10(18-9-8-14-11(18)2)13(19)17-5-3-4-12-15-6-7-16-12/h6-10H,3-5H2,1-2H3,(H,15,16)(H,17,19). The van der Waals surface area contributed by atoms with E-state index in [9.17, 15) is 4.79 Å². The number of aromatic amines is 1. The van der Waals surface area contributed by atoms with E-state index in [0.717, 1.165) is 24.5 Å². The molecule has 0 aromatic carbocycles. The number of hydrogen-bond acceptors (Lipinski definition) is 3. The Hall–Kier alpha value is -2.11. The average molecular weight is 261 g/mol. The fraction of sp³-hybridized carbons (Fsp3) is 0.462. The molecule has 0 fully saturated rings. The third-order valence-electron chi connectivity index (χ3n) is 3.10. The Labute approximate surface area is 112 Å². The molecule has 2 N–H and O–H groups in total. The van der Waals surface area contributed by atoms with E-state index in [1.807, 2.05) is 24.6 Å². The predicted molar refractivity (Wildman–Crippen MR) is 71.6 cm³/mol. The number of nitrogens with zero attached hydrogens (tertiary/aromatic N) is 3. The molecule has 0 radical (unpaired) electrons. The molecule has 0 aliphatic rings. The second-order valence-electron chi connectivity index (χ2n) is 4.49. The number of hydrogen-bond donors (Lipinski definition) is 2. The summed E-state index contributed by atoms with van der Waals surface area (Å²) < 4.78 is 1.86. The quantitative estimate of drug-likeness (QED) is 0.768. The molecular weight excluding hydrogens is 242 g/mol. The summed E-state index contributed by atoms with van der Waals surface area (Å²) in [6, 6.07) is -0.230. The van der Waals surface area contributed by atoms with Crippen LogP contribution in [0.1, 0.15) is 31.0 Å². The van der Waals surface area contributed by atoms with Gasteiger partial charge in [-0.05, 0) is 20.3 Å². The van der Waals surface area contributed by atoms with Gasteiger partial charge in [0.1, 0.15) is 17.7 Å². The van der Waals surface area contributed by atoms with E-state index < -0.39 is 0 Å². The molecule has 0 bridgehead atoms. The highest BCUT2D eigenvalue weighted by atomic mass is 16.2. The van der Waals surface area contributed by atoms with Crippen LogP contribution in [0, 0.1) is 6.92 Å². The molecule has 2 rings (SSSR count). The average Bonchev–Trinajstić information content (AvgIpc) is 3.04. The van der Waals surface area contributed by atoms with Gasteiger partial charge in [0, 0.05) is 37.8 Å². The van der Waals surface area contributed by atoms with E-state index in [2.05, 4.69) is 20.3 Å². The summed E-state index contributed by atoms with van der Waals surface area (Å²) in [6.45, 7) is 4.41. The van der Waals surface area contributed by atoms with Gasteiger partial charge in [-0.2, -0.15) is 0 Å². The molecule has 0 aliphatic heterocycles. The number of carbonyl (C=O) groups is 1. The Kier molecular flexibility index (Phi) is 4.33. The summed E-state index contributed by atoms with van der Waals surface area (Å²) in [4.78, 5) is 23.3. The van der Waals surface area contributed by atoms with Gasteiger partial charge in [-0.1, -0.05) is 0 Å². The first-order chi connectivity index (χ1) is 9.18. The van der Waals surface area contributed by atoms with Crippen LogP contribution in [0.25, 0.3) is 0 Å². The molecule has 6 nitrogen and oxygen atoms in total. The van der Waals surface area contributed by atoms with Crippen LogP contribution >= 0.6 is 0 Å². The normalized spacial score (nSPS) is 12.3. The molecule has 19 heavy (non-hydrogen) atoms. The maximum Gasteiger partial charge on any atom is 0.242 e. The predicted octanol–water partition coefficient (Wildman–Crippen LogP) is 1.22. The minimum atomic E-state index is -0.230. The van der Waals surface area contributed by atoms with E-state index in [0.29, 0.717) is 6.54 Å². The van der Waals surface area contributed by atoms with Gasteiger partial charge >= 0.3 is 0 Å². The van der Waals surface area contributed by atoms with Gasteiger partial charge in [0.15, 0.2) is 0 Å². The Balaban J connectivity index is 1.74. The van der Waals surface area contributed by atoms with Crippen LogP contribution in [0.3, 0.4) is 0 Å². The lowest BCUT2D eigenvalue weighted by Crippen LogP contribution is -2.32. The van der Waals surface area contributed by atoms with Crippen molar-refractivity contribution in [3.63, 3.8) is 0 Å². The number of H-pyrrole nitrogens is 1. The van der Waals surface area contributed by atoms with Crippen molar-refractivity contribution >= 4 is 5.91 Å². The van der Waals surface area contributed by atoms with Crippen LogP contribution < -0.4 is 5.32 Å². The number of aryl methyl sites for hydroxylation is 2. The third-order valence-corrected chi connectivity index (χ3v) is 3.10. The van der Waals surface area contributed by atoms with Crippen molar-refractivity contribution in [3.8, 4) is 0 Å². The Morgan fingerprint density at radius 1 is 1.47 bits per heavy atom. The highest BCUT2D eigenvalue weighted by Crippen LogP contribution is 2.08. The van der Waals surface area contributed by atoms with Gasteiger partial charge in [-0.3, -0.25) is 4.79 Å². The van der Waals surface area contributed by atoms with Crippen LogP contribution in [0.15, 0.2) is 24.8 Å². The van der Waals surface area contributed by atoms with Crippen molar-refractivity contribution in [2.24, 2.45) is 0 Å². The molecule has 2 aromatic heterocycles. The van der Waals surface area contributed by atoms with Crippen LogP contribution in [0.5, 0.6) is 0 Å². The molecule has 1 unspecified atom stereocenters. The molecule has 1 atom stereocenters. The van der Waals surface area contributed by atoms with Crippen molar-refractivity contribution in [2.75, 3.05) is 6.54 Å². The fourth-order valence-corrected chi connectivity index (χ4v) is 1.97. The molecule has 0 spiro atoms. The van der Waals surface area contributed by atoms with Gasteiger partial charge in [0.2, 0.25) is 5.91 Å². The van der Waals surface area contributed by atoms with E-state index in [-0.39, 0.29) is 11.9 Å². The van der Waals surface area contributed by atoms with E-state index in [4.69, 9.17) is 0 Å². The van der Waals surface area contributed by atoms with Gasteiger partial charge in [0.05, 0.1) is 0 Å². The third kappa shape index (κ3) is 3.43. The summed E-state index contributed by atoms with van der Waals surface area (Å²) in [7, 11) is 0. The number of carbonyl (C=O) groups excluding carboxylic acids is 1. The zero-order valence-electron chi connectivity index (χ0n) is 11.3. The first-order valence-corrected chi connectivity index (χ1v) is 6.44. The molecular formula is C13H19N5O. The maximum absolute atomic E-state index is 12.0. The van der Waals surface area contributed by atoms with E-state index in [1.165, 1.54) is 0 Å². The highest BCUT2D eigenvalue weighted by molar-refractivity contribution is 5.79. The highest BCUT2D eigenvalue weighted by Gasteiger charge is 2.15. The maximum atomic E-state index is 12.0. The summed E-state index contributed by atoms with van der Waals surface area (Å²) in [5, 5.41) is 2.93. The first kappa shape index (κ1) is 13.3. The number of amides is 1. The van der Waals surface area contributed by atoms with Crippen LogP contribution in [-0.4, -0.2) is 32.0 Å². The first-order valence-electron chi connectivity index (χ1n) is 6.44. The Bertz CT molecular complexity index is 517. The lowest BCUT2D eigenvalue weighted by molar-refractivity contribution is -0.123. The number of nitrogens with one attached hydrogen (secondary N) is 2. The smallest absolute Gasteiger partial charge is 0.242 e. The molecule has 0 aliphatic carbocycles. The van der Waals surface area contributed by atoms with Gasteiger partial charge in [-0.15, -0.1) is 0 Å². The largest absolute Gasteiger partial charge is 0.354 e. The Morgan fingerprint density at radius 2 is 2.32 bits per heavy atom. The second kappa shape index (κ2) is 6.17. The minimum absolute atomic E-state index is 0.0144. The summed E-state index contributed by atoms with van der Waals surface area (Å²) in [6.07, 6.45) is 8.77. The fourth-order valence-electron chi connectivity index (χ4n) is 1.97. The second-order valence-corrected chi connectivity index (χ2v) is 4.49. The molecule has 102 valence electrons. The molecule has 2 aromatic rings. The van der Waals surface area contributed by atoms with Crippen molar-refractivity contribution in [3.05, 3.63) is 36.4 Å². The van der Waals surface area contributed by atoms with Crippen molar-refractivity contribution in [2.45, 2.75) is 32.7 Å². The molecule has 0 saturated heterocycles. The summed E-state index contributed by atoms with van der Waals surface area (Å²) in [5.74, 6) is 1.81. The van der Waals surface area contributed by atoms with Crippen molar-refractivity contribution < 1.29 is 4.79 Å². The summed E-state index contributed by atoms with van der Waals surface area (Å²) in [5.41, 5.74) is 0. The number of aromatic nitrogens is 4. The van der Waals surface area contributed by atoms with Gasteiger partial charge in [-0.25, -0.2) is 9.97 Å². The van der Waals surface area contributed by atoms with Crippen LogP contribution in [0.2, 0.25) is 0 Å². The summed E-state index contributed by atoms with van der Waals surface area (Å²) >= 11 is 0. The SMILES string of the molecule is Cc1nccn1C(C)C(=O)NCCCc1ncc[nH]1. The lowest BCUT2D eigenvalue weighted by atomic mass is 10.2. The monoisotopic (exact) mass is 261 g/mol. The van der Waals surface area contributed by atoms with Crippen LogP contribution in [-0.2, 0) is 11.2 Å². The van der Waals surface area contributed by atoms with Gasteiger partial charge in [0.25, 0.3) is 0 Å². The van der Waals surface area contributed by atoms with Gasteiger partial charge < -0.3 is 14.9 Å². The van der Waals surface area contributed by atoms with Crippen molar-refractivity contribution in [1.82, 2.24) is 24.8 Å².